The molecule has 0 saturated carbocycles. The summed E-state index contributed by atoms with van der Waals surface area (Å²) in [6.45, 7) is 8.85. The van der Waals surface area contributed by atoms with Crippen molar-refractivity contribution in [3.8, 4) is 23.4 Å². The van der Waals surface area contributed by atoms with E-state index in [4.69, 9.17) is 29.4 Å². The molecule has 2 aliphatic heterocycles. The highest BCUT2D eigenvalue weighted by Crippen LogP contribution is 2.44. The Labute approximate surface area is 209 Å². The van der Waals surface area contributed by atoms with E-state index in [-0.39, 0.29) is 30.4 Å². The molecule has 3 heterocycles. The predicted octanol–water partition coefficient (Wildman–Crippen LogP) is 1.84. The fourth-order valence-corrected chi connectivity index (χ4v) is 4.33. The molecular formula is C25H31N5O6. The number of ether oxygens (including phenoxy) is 5. The Kier molecular flexibility index (Phi) is 8.30. The van der Waals surface area contributed by atoms with Gasteiger partial charge in [-0.2, -0.15) is 5.26 Å². The lowest BCUT2D eigenvalue weighted by Gasteiger charge is -2.27. The van der Waals surface area contributed by atoms with Gasteiger partial charge in [0.1, 0.15) is 18.2 Å². The smallest absolute Gasteiger partial charge is 0.311 e. The molecule has 11 nitrogen and oxygen atoms in total. The largest absolute Gasteiger partial charge is 0.490 e. The summed E-state index contributed by atoms with van der Waals surface area (Å²) in [6.07, 6.45) is -0.0459. The van der Waals surface area contributed by atoms with Crippen molar-refractivity contribution in [3.05, 3.63) is 46.5 Å². The Balaban J connectivity index is 1.63. The number of carbonyl (C=O) groups is 1. The first-order valence-electron chi connectivity index (χ1n) is 12.1. The summed E-state index contributed by atoms with van der Waals surface area (Å²) in [5, 5.41) is 16.9. The number of hydrogen-bond donors (Lipinski definition) is 2. The molecule has 2 aliphatic rings. The molecule has 1 aromatic heterocycles. The van der Waals surface area contributed by atoms with E-state index in [2.05, 4.69) is 21.2 Å². The van der Waals surface area contributed by atoms with Crippen LogP contribution in [-0.4, -0.2) is 73.7 Å². The molecule has 2 aromatic rings. The van der Waals surface area contributed by atoms with E-state index in [0.29, 0.717) is 36.0 Å². The molecule has 0 radical (unpaired) electrons. The lowest BCUT2D eigenvalue weighted by molar-refractivity contribution is -0.142. The number of benzene rings is 1. The van der Waals surface area contributed by atoms with E-state index in [9.17, 15) is 10.1 Å². The summed E-state index contributed by atoms with van der Waals surface area (Å²) in [5.41, 5.74) is 8.09. The van der Waals surface area contributed by atoms with Gasteiger partial charge >= 0.3 is 5.97 Å². The first-order chi connectivity index (χ1) is 17.5. The Hall–Kier alpha value is -3.75. The number of morpholine rings is 1. The molecule has 4 rings (SSSR count). The minimum atomic E-state index is -0.608. The minimum absolute atomic E-state index is 0.0343. The summed E-state index contributed by atoms with van der Waals surface area (Å²) in [6, 6.07) is 7.68. The average Bonchev–Trinajstić information content (AvgIpc) is 3.26. The molecule has 0 spiro atoms. The van der Waals surface area contributed by atoms with Crippen LogP contribution in [0.2, 0.25) is 0 Å². The van der Waals surface area contributed by atoms with Gasteiger partial charge < -0.3 is 29.4 Å². The van der Waals surface area contributed by atoms with Crippen LogP contribution in [0.5, 0.6) is 17.4 Å². The fourth-order valence-electron chi connectivity index (χ4n) is 4.33. The number of carbonyl (C=O) groups excluding carboxylic acids is 1. The average molecular weight is 498 g/mol. The Morgan fingerprint density at radius 1 is 1.25 bits per heavy atom. The first-order valence-corrected chi connectivity index (χ1v) is 12.1. The maximum absolute atomic E-state index is 12.2. The monoisotopic (exact) mass is 497 g/mol. The van der Waals surface area contributed by atoms with Crippen LogP contribution in [0.15, 0.2) is 29.7 Å². The number of nitrogens with one attached hydrogen (secondary N) is 1. The van der Waals surface area contributed by atoms with Gasteiger partial charge in [-0.15, -0.1) is 5.10 Å². The number of nitriles is 1. The second-order valence-electron chi connectivity index (χ2n) is 8.27. The van der Waals surface area contributed by atoms with Crippen LogP contribution in [0.25, 0.3) is 0 Å². The van der Waals surface area contributed by atoms with Crippen LogP contribution >= 0.6 is 0 Å². The standard InChI is InChI=1S/C25H31N5O6/c1-3-33-20-13-16(5-6-19(20)35-12-9-30-7-10-32-11-8-30)22-17(15-26)24(27)36-25-23(22)18(28-29-25)14-21(31)34-4-2/h5-6,13,22H,3-4,7-12,14,27H2,1-2H3,(H,28,29). The van der Waals surface area contributed by atoms with Gasteiger partial charge in [-0.05, 0) is 31.5 Å². The van der Waals surface area contributed by atoms with E-state index in [1.54, 1.807) is 6.92 Å². The SMILES string of the molecule is CCOC(=O)Cc1[nH]nc2c1C(c1ccc(OCCN3CCOCC3)c(OCC)c1)C(C#N)=C(N)O2. The molecule has 36 heavy (non-hydrogen) atoms. The van der Waals surface area contributed by atoms with Crippen LogP contribution < -0.4 is 19.9 Å². The van der Waals surface area contributed by atoms with Crippen molar-refractivity contribution in [1.82, 2.24) is 15.1 Å². The number of hydrogen-bond acceptors (Lipinski definition) is 10. The van der Waals surface area contributed by atoms with E-state index in [0.717, 1.165) is 38.4 Å². The van der Waals surface area contributed by atoms with Crippen molar-refractivity contribution < 1.29 is 28.5 Å². The van der Waals surface area contributed by atoms with Crippen LogP contribution in [0.4, 0.5) is 0 Å². The van der Waals surface area contributed by atoms with Crippen molar-refractivity contribution in [2.45, 2.75) is 26.2 Å². The summed E-state index contributed by atoms with van der Waals surface area (Å²) in [7, 11) is 0. The van der Waals surface area contributed by atoms with Gasteiger partial charge in [0.05, 0.1) is 50.0 Å². The van der Waals surface area contributed by atoms with Crippen molar-refractivity contribution in [2.24, 2.45) is 5.73 Å². The number of esters is 1. The Morgan fingerprint density at radius 2 is 2.06 bits per heavy atom. The second-order valence-corrected chi connectivity index (χ2v) is 8.27. The number of H-pyrrole nitrogens is 1. The number of nitrogens with two attached hydrogens (primary N) is 1. The van der Waals surface area contributed by atoms with Gasteiger partial charge in [-0.25, -0.2) is 0 Å². The van der Waals surface area contributed by atoms with Gasteiger partial charge in [-0.3, -0.25) is 14.8 Å². The number of nitrogens with zero attached hydrogens (tertiary/aromatic N) is 3. The second kappa shape index (κ2) is 11.8. The third-order valence-electron chi connectivity index (χ3n) is 6.01. The van der Waals surface area contributed by atoms with E-state index in [1.807, 2.05) is 25.1 Å². The maximum atomic E-state index is 12.2. The molecular weight excluding hydrogens is 466 g/mol. The van der Waals surface area contributed by atoms with Gasteiger partial charge in [0, 0.05) is 19.6 Å². The lowest BCUT2D eigenvalue weighted by Crippen LogP contribution is -2.38. The summed E-state index contributed by atoms with van der Waals surface area (Å²) in [4.78, 5) is 14.5. The molecule has 1 saturated heterocycles. The third-order valence-corrected chi connectivity index (χ3v) is 6.01. The molecule has 1 aromatic carbocycles. The number of rotatable bonds is 10. The number of fused-ring (bicyclic) bond motifs is 1. The topological polar surface area (TPSA) is 145 Å². The maximum Gasteiger partial charge on any atom is 0.311 e. The summed E-state index contributed by atoms with van der Waals surface area (Å²) < 4.78 is 28.0. The number of allylic oxidation sites excluding steroid dienone is 1. The zero-order valence-corrected chi connectivity index (χ0v) is 20.5. The van der Waals surface area contributed by atoms with Crippen molar-refractivity contribution >= 4 is 5.97 Å². The number of aromatic amines is 1. The molecule has 1 fully saturated rings. The van der Waals surface area contributed by atoms with Crippen molar-refractivity contribution in [3.63, 3.8) is 0 Å². The molecule has 1 unspecified atom stereocenters. The van der Waals surface area contributed by atoms with Gasteiger partial charge in [0.15, 0.2) is 11.5 Å². The molecule has 11 heteroatoms. The zero-order valence-electron chi connectivity index (χ0n) is 20.5. The zero-order chi connectivity index (χ0) is 25.5. The van der Waals surface area contributed by atoms with Crippen molar-refractivity contribution in [2.75, 3.05) is 52.7 Å². The van der Waals surface area contributed by atoms with Crippen molar-refractivity contribution in [1.29, 1.82) is 5.26 Å². The highest BCUT2D eigenvalue weighted by Gasteiger charge is 2.36. The van der Waals surface area contributed by atoms with Crippen LogP contribution in [0, 0.1) is 11.3 Å². The molecule has 3 N–H and O–H groups in total. The summed E-state index contributed by atoms with van der Waals surface area (Å²) >= 11 is 0. The highest BCUT2D eigenvalue weighted by atomic mass is 16.5. The van der Waals surface area contributed by atoms with E-state index < -0.39 is 11.9 Å². The molecule has 1 atom stereocenters. The van der Waals surface area contributed by atoms with Gasteiger partial charge in [0.2, 0.25) is 11.8 Å². The highest BCUT2D eigenvalue weighted by molar-refractivity contribution is 5.73. The number of aromatic nitrogens is 2. The normalized spacial score (nSPS) is 17.6. The third kappa shape index (κ3) is 5.56. The van der Waals surface area contributed by atoms with Crippen LogP contribution in [0.1, 0.15) is 36.6 Å². The van der Waals surface area contributed by atoms with Gasteiger partial charge in [0.25, 0.3) is 0 Å². The van der Waals surface area contributed by atoms with E-state index >= 15 is 0 Å². The van der Waals surface area contributed by atoms with Crippen LogP contribution in [0.3, 0.4) is 0 Å². The molecule has 0 aliphatic carbocycles. The Bertz CT molecular complexity index is 1150. The molecule has 0 bridgehead atoms. The lowest BCUT2D eigenvalue weighted by atomic mass is 9.83. The van der Waals surface area contributed by atoms with Crippen LogP contribution in [-0.2, 0) is 20.7 Å². The Morgan fingerprint density at radius 3 is 2.78 bits per heavy atom. The fraction of sp³-hybridized carbons (Fsp3) is 0.480. The minimum Gasteiger partial charge on any atom is -0.490 e. The molecule has 192 valence electrons. The quantitative estimate of drug-likeness (QED) is 0.466. The van der Waals surface area contributed by atoms with Gasteiger partial charge in [-0.1, -0.05) is 6.07 Å². The molecule has 0 amide bonds. The first kappa shape index (κ1) is 25.3. The summed E-state index contributed by atoms with van der Waals surface area (Å²) in [5.74, 6) is 0.325. The predicted molar refractivity (Wildman–Crippen MR) is 129 cm³/mol. The van der Waals surface area contributed by atoms with E-state index in [1.165, 1.54) is 0 Å².